The molecule has 0 spiro atoms. The molecule has 33 heavy (non-hydrogen) atoms. The SMILES string of the molecule is CC1(C)c2cc(O)ccc2-c2cc3c(cc21)-c1c(cc(Br)c2oc4ccccc4c12)C3(C)C. The van der Waals surface area contributed by atoms with Crippen LogP contribution in [0, 0.1) is 0 Å². The molecule has 3 heteroatoms. The summed E-state index contributed by atoms with van der Waals surface area (Å²) in [5, 5.41) is 12.5. The van der Waals surface area contributed by atoms with E-state index >= 15 is 0 Å². The molecule has 4 aromatic carbocycles. The number of para-hydroxylation sites is 1. The molecule has 7 rings (SSSR count). The second kappa shape index (κ2) is 5.90. The normalized spacial score (nSPS) is 16.6. The summed E-state index contributed by atoms with van der Waals surface area (Å²) in [5.74, 6) is 0.323. The van der Waals surface area contributed by atoms with Gasteiger partial charge in [0.1, 0.15) is 16.9 Å². The Morgan fingerprint density at radius 1 is 0.727 bits per heavy atom. The fourth-order valence-electron chi connectivity index (χ4n) is 6.27. The Morgan fingerprint density at radius 2 is 1.39 bits per heavy atom. The third kappa shape index (κ3) is 2.24. The first-order valence-corrected chi connectivity index (χ1v) is 12.2. The summed E-state index contributed by atoms with van der Waals surface area (Å²) in [6.45, 7) is 9.16. The number of aromatic hydroxyl groups is 1. The monoisotopic (exact) mass is 494 g/mol. The number of rotatable bonds is 0. The lowest BCUT2D eigenvalue weighted by atomic mass is 9.79. The van der Waals surface area contributed by atoms with E-state index in [0.717, 1.165) is 21.0 Å². The van der Waals surface area contributed by atoms with Gasteiger partial charge in [-0.3, -0.25) is 0 Å². The summed E-state index contributed by atoms with van der Waals surface area (Å²) >= 11 is 3.81. The van der Waals surface area contributed by atoms with Crippen LogP contribution < -0.4 is 0 Å². The predicted molar refractivity (Wildman–Crippen MR) is 138 cm³/mol. The summed E-state index contributed by atoms with van der Waals surface area (Å²) in [6.07, 6.45) is 0. The van der Waals surface area contributed by atoms with Crippen LogP contribution in [0.25, 0.3) is 44.2 Å². The largest absolute Gasteiger partial charge is 0.508 e. The minimum atomic E-state index is -0.182. The number of benzene rings is 4. The molecule has 0 radical (unpaired) electrons. The summed E-state index contributed by atoms with van der Waals surface area (Å²) < 4.78 is 7.32. The Labute approximate surface area is 201 Å². The molecule has 5 aromatic rings. The van der Waals surface area contributed by atoms with Gasteiger partial charge in [-0.2, -0.15) is 0 Å². The highest BCUT2D eigenvalue weighted by molar-refractivity contribution is 9.10. The van der Waals surface area contributed by atoms with Gasteiger partial charge < -0.3 is 9.52 Å². The van der Waals surface area contributed by atoms with Crippen molar-refractivity contribution in [3.63, 3.8) is 0 Å². The molecule has 1 N–H and O–H groups in total. The summed E-state index contributed by atoms with van der Waals surface area (Å²) in [5.41, 5.74) is 11.8. The van der Waals surface area contributed by atoms with Crippen molar-refractivity contribution < 1.29 is 9.52 Å². The lowest BCUT2D eigenvalue weighted by Crippen LogP contribution is -2.17. The van der Waals surface area contributed by atoms with Gasteiger partial charge >= 0.3 is 0 Å². The number of fused-ring (bicyclic) bond motifs is 10. The van der Waals surface area contributed by atoms with Crippen LogP contribution in [-0.2, 0) is 10.8 Å². The minimum Gasteiger partial charge on any atom is -0.508 e. The standard InChI is InChI=1S/C30H23BrO2/c1-29(2)20-11-15(32)9-10-16(20)18-12-22-19(13-21(18)29)26-23(30(22,3)4)14-24(31)28-27(26)17-7-5-6-8-25(17)33-28/h5-14,32H,1-4H3. The topological polar surface area (TPSA) is 33.4 Å². The zero-order valence-electron chi connectivity index (χ0n) is 19.0. The van der Waals surface area contributed by atoms with E-state index in [4.69, 9.17) is 4.42 Å². The summed E-state index contributed by atoms with van der Waals surface area (Å²) in [7, 11) is 0. The quantitative estimate of drug-likeness (QED) is 0.233. The molecule has 0 amide bonds. The van der Waals surface area contributed by atoms with E-state index in [-0.39, 0.29) is 10.8 Å². The van der Waals surface area contributed by atoms with Crippen LogP contribution in [0.4, 0.5) is 0 Å². The third-order valence-electron chi connectivity index (χ3n) is 8.02. The maximum atomic E-state index is 10.2. The van der Waals surface area contributed by atoms with E-state index in [1.165, 1.54) is 49.9 Å². The molecule has 162 valence electrons. The number of phenols is 1. The molecular formula is C30H23BrO2. The van der Waals surface area contributed by atoms with Crippen molar-refractivity contribution in [3.8, 4) is 28.0 Å². The number of hydrogen-bond donors (Lipinski definition) is 1. The van der Waals surface area contributed by atoms with Crippen molar-refractivity contribution in [1.82, 2.24) is 0 Å². The Hall–Kier alpha value is -3.04. The van der Waals surface area contributed by atoms with Gasteiger partial charge in [0.05, 0.1) is 4.47 Å². The van der Waals surface area contributed by atoms with Crippen molar-refractivity contribution in [2.45, 2.75) is 38.5 Å². The van der Waals surface area contributed by atoms with Gasteiger partial charge in [0.2, 0.25) is 0 Å². The Morgan fingerprint density at radius 3 is 2.21 bits per heavy atom. The molecule has 0 bridgehead atoms. The second-order valence-corrected chi connectivity index (χ2v) is 11.4. The van der Waals surface area contributed by atoms with Crippen molar-refractivity contribution in [2.24, 2.45) is 0 Å². The van der Waals surface area contributed by atoms with Gasteiger partial charge in [-0.15, -0.1) is 0 Å². The smallest absolute Gasteiger partial charge is 0.150 e. The van der Waals surface area contributed by atoms with Crippen LogP contribution in [-0.4, -0.2) is 5.11 Å². The molecule has 2 aliphatic rings. The van der Waals surface area contributed by atoms with Crippen LogP contribution in [0.2, 0.25) is 0 Å². The van der Waals surface area contributed by atoms with E-state index in [1.807, 2.05) is 18.2 Å². The molecule has 2 aliphatic carbocycles. The molecule has 0 unspecified atom stereocenters. The van der Waals surface area contributed by atoms with E-state index in [0.29, 0.717) is 5.75 Å². The zero-order chi connectivity index (χ0) is 22.9. The number of halogens is 1. The maximum absolute atomic E-state index is 10.2. The van der Waals surface area contributed by atoms with Gasteiger partial charge in [-0.25, -0.2) is 0 Å². The van der Waals surface area contributed by atoms with Gasteiger partial charge in [0.25, 0.3) is 0 Å². The molecule has 1 heterocycles. The lowest BCUT2D eigenvalue weighted by Gasteiger charge is -2.24. The highest BCUT2D eigenvalue weighted by atomic mass is 79.9. The first-order valence-electron chi connectivity index (χ1n) is 11.4. The van der Waals surface area contributed by atoms with Gasteiger partial charge in [0, 0.05) is 21.6 Å². The summed E-state index contributed by atoms with van der Waals surface area (Å²) in [4.78, 5) is 0. The average Bonchev–Trinajstić information content (AvgIpc) is 3.34. The van der Waals surface area contributed by atoms with Crippen molar-refractivity contribution >= 4 is 37.9 Å². The number of phenolic OH excluding ortho intramolecular Hbond substituents is 1. The molecule has 0 atom stereocenters. The van der Waals surface area contributed by atoms with Gasteiger partial charge in [-0.05, 0) is 96.8 Å². The minimum absolute atomic E-state index is 0.140. The molecule has 0 aliphatic heterocycles. The van der Waals surface area contributed by atoms with Crippen LogP contribution in [0.15, 0.2) is 69.6 Å². The summed E-state index contributed by atoms with van der Waals surface area (Å²) in [6, 6.07) is 21.2. The maximum Gasteiger partial charge on any atom is 0.150 e. The van der Waals surface area contributed by atoms with Crippen LogP contribution >= 0.6 is 15.9 Å². The van der Waals surface area contributed by atoms with Gasteiger partial charge in [-0.1, -0.05) is 52.0 Å². The van der Waals surface area contributed by atoms with E-state index in [1.54, 1.807) is 6.07 Å². The average molecular weight is 495 g/mol. The molecule has 0 saturated heterocycles. The van der Waals surface area contributed by atoms with Gasteiger partial charge in [0.15, 0.2) is 0 Å². The fourth-order valence-corrected chi connectivity index (χ4v) is 6.78. The zero-order valence-corrected chi connectivity index (χ0v) is 20.6. The first-order chi connectivity index (χ1) is 15.7. The van der Waals surface area contributed by atoms with Crippen LogP contribution in [0.1, 0.15) is 49.9 Å². The molecule has 0 saturated carbocycles. The van der Waals surface area contributed by atoms with E-state index in [9.17, 15) is 5.11 Å². The first kappa shape index (κ1) is 19.4. The fraction of sp³-hybridized carbons (Fsp3) is 0.200. The van der Waals surface area contributed by atoms with Crippen LogP contribution in [0.5, 0.6) is 5.75 Å². The number of hydrogen-bond acceptors (Lipinski definition) is 2. The van der Waals surface area contributed by atoms with Crippen molar-refractivity contribution in [3.05, 3.63) is 87.4 Å². The lowest BCUT2D eigenvalue weighted by molar-refractivity contribution is 0.473. The molecule has 2 nitrogen and oxygen atoms in total. The second-order valence-electron chi connectivity index (χ2n) is 10.5. The molecule has 1 aromatic heterocycles. The third-order valence-corrected chi connectivity index (χ3v) is 8.61. The Bertz CT molecular complexity index is 1680. The van der Waals surface area contributed by atoms with E-state index < -0.39 is 0 Å². The van der Waals surface area contributed by atoms with Crippen molar-refractivity contribution in [2.75, 3.05) is 0 Å². The predicted octanol–water partition coefficient (Wildman–Crippen LogP) is 8.67. The van der Waals surface area contributed by atoms with Crippen molar-refractivity contribution in [1.29, 1.82) is 0 Å². The van der Waals surface area contributed by atoms with Crippen LogP contribution in [0.3, 0.4) is 0 Å². The highest BCUT2D eigenvalue weighted by Gasteiger charge is 2.43. The molecular weight excluding hydrogens is 472 g/mol. The Balaban J connectivity index is 1.63. The Kier molecular flexibility index (Phi) is 3.47. The van der Waals surface area contributed by atoms with E-state index in [2.05, 4.69) is 80.0 Å². The molecule has 0 fully saturated rings. The highest BCUT2D eigenvalue weighted by Crippen LogP contribution is 2.59. The number of furan rings is 1.